The van der Waals surface area contributed by atoms with E-state index in [2.05, 4.69) is 15.3 Å². The quantitative estimate of drug-likeness (QED) is 0.698. The van der Waals surface area contributed by atoms with E-state index in [1.54, 1.807) is 27.8 Å². The number of hydrogen-bond donors (Lipinski definition) is 1. The average Bonchev–Trinajstić information content (AvgIpc) is 3.16. The molecule has 1 atom stereocenters. The lowest BCUT2D eigenvalue weighted by Gasteiger charge is -2.47. The van der Waals surface area contributed by atoms with Gasteiger partial charge in [0.2, 0.25) is 23.5 Å². The van der Waals surface area contributed by atoms with Crippen LogP contribution in [0.15, 0.2) is 24.7 Å². The maximum Gasteiger partial charge on any atom is 0.274 e. The summed E-state index contributed by atoms with van der Waals surface area (Å²) in [6.45, 7) is 2.59. The molecule has 4 amide bonds. The third kappa shape index (κ3) is 3.77. The van der Waals surface area contributed by atoms with Crippen LogP contribution in [0.3, 0.4) is 0 Å². The Labute approximate surface area is 178 Å². The SMILES string of the molecule is O=C1CC(C(=O)N2CC(C3CCCN(C(=O)c4cn5cccnc5n4)C3)C2)CC(=O)N1. The molecule has 0 bridgehead atoms. The number of imide groups is 1. The second-order valence-corrected chi connectivity index (χ2v) is 8.69. The number of fused-ring (bicyclic) bond motifs is 1. The Balaban J connectivity index is 1.18. The zero-order valence-corrected chi connectivity index (χ0v) is 17.1. The number of carbonyl (C=O) groups is 4. The topological polar surface area (TPSA) is 117 Å². The first-order chi connectivity index (χ1) is 15.0. The van der Waals surface area contributed by atoms with Gasteiger partial charge in [0.15, 0.2) is 0 Å². The van der Waals surface area contributed by atoms with Gasteiger partial charge in [0.05, 0.1) is 5.92 Å². The Hall–Kier alpha value is -3.30. The Morgan fingerprint density at radius 2 is 1.77 bits per heavy atom. The van der Waals surface area contributed by atoms with Gasteiger partial charge in [-0.25, -0.2) is 9.97 Å². The molecule has 162 valence electrons. The van der Waals surface area contributed by atoms with Gasteiger partial charge in [-0.1, -0.05) is 0 Å². The lowest BCUT2D eigenvalue weighted by Crippen LogP contribution is -2.58. The van der Waals surface area contributed by atoms with Crippen molar-refractivity contribution in [3.05, 3.63) is 30.4 Å². The molecule has 1 unspecified atom stereocenters. The summed E-state index contributed by atoms with van der Waals surface area (Å²) in [6, 6.07) is 1.79. The molecule has 31 heavy (non-hydrogen) atoms. The number of imidazole rings is 1. The zero-order chi connectivity index (χ0) is 21.5. The smallest absolute Gasteiger partial charge is 0.274 e. The standard InChI is InChI=1S/C21H24N6O4/c28-17-7-14(8-18(29)24-17)19(30)27-10-15(11-27)13-3-1-5-25(9-13)20(31)16-12-26-6-2-4-22-21(26)23-16/h2,4,6,12-15H,1,3,5,7-11H2,(H,24,28,29). The molecule has 10 nitrogen and oxygen atoms in total. The monoisotopic (exact) mass is 424 g/mol. The van der Waals surface area contributed by atoms with Gasteiger partial charge >= 0.3 is 0 Å². The van der Waals surface area contributed by atoms with E-state index in [-0.39, 0.29) is 36.5 Å². The average molecular weight is 424 g/mol. The number of rotatable bonds is 3. The number of aromatic nitrogens is 3. The summed E-state index contributed by atoms with van der Waals surface area (Å²) >= 11 is 0. The van der Waals surface area contributed by atoms with Gasteiger partial charge < -0.3 is 9.80 Å². The van der Waals surface area contributed by atoms with Crippen molar-refractivity contribution in [1.82, 2.24) is 29.5 Å². The van der Waals surface area contributed by atoms with Crippen molar-refractivity contribution in [2.45, 2.75) is 25.7 Å². The number of likely N-dealkylation sites (tertiary alicyclic amines) is 2. The predicted molar refractivity (Wildman–Crippen MR) is 108 cm³/mol. The van der Waals surface area contributed by atoms with Crippen LogP contribution in [0.25, 0.3) is 5.78 Å². The van der Waals surface area contributed by atoms with Crippen LogP contribution in [0.1, 0.15) is 36.2 Å². The Kier molecular flexibility index (Phi) is 4.91. The Morgan fingerprint density at radius 3 is 2.52 bits per heavy atom. The molecule has 0 saturated carbocycles. The van der Waals surface area contributed by atoms with Gasteiger partial charge in [0.1, 0.15) is 5.69 Å². The molecule has 1 N–H and O–H groups in total. The third-order valence-electron chi connectivity index (χ3n) is 6.58. The maximum absolute atomic E-state index is 13.0. The van der Waals surface area contributed by atoms with E-state index in [9.17, 15) is 19.2 Å². The van der Waals surface area contributed by atoms with E-state index in [4.69, 9.17) is 0 Å². The van der Waals surface area contributed by atoms with E-state index >= 15 is 0 Å². The molecule has 10 heteroatoms. The van der Waals surface area contributed by atoms with Crippen molar-refractivity contribution >= 4 is 29.4 Å². The number of amides is 4. The van der Waals surface area contributed by atoms with E-state index in [0.717, 1.165) is 12.8 Å². The second kappa shape index (κ2) is 7.75. The number of nitrogens with one attached hydrogen (secondary N) is 1. The second-order valence-electron chi connectivity index (χ2n) is 8.69. The van der Waals surface area contributed by atoms with Crippen LogP contribution in [0.5, 0.6) is 0 Å². The fraction of sp³-hybridized carbons (Fsp3) is 0.524. The highest BCUT2D eigenvalue weighted by atomic mass is 16.2. The zero-order valence-electron chi connectivity index (χ0n) is 17.1. The molecule has 3 aliphatic rings. The lowest BCUT2D eigenvalue weighted by molar-refractivity contribution is -0.150. The molecule has 3 fully saturated rings. The molecule has 5 rings (SSSR count). The van der Waals surface area contributed by atoms with Crippen molar-refractivity contribution in [1.29, 1.82) is 0 Å². The minimum atomic E-state index is -0.546. The molecule has 3 aliphatic heterocycles. The van der Waals surface area contributed by atoms with Crippen molar-refractivity contribution in [2.75, 3.05) is 26.2 Å². The van der Waals surface area contributed by atoms with Crippen molar-refractivity contribution in [3.63, 3.8) is 0 Å². The van der Waals surface area contributed by atoms with Crippen LogP contribution >= 0.6 is 0 Å². The summed E-state index contributed by atoms with van der Waals surface area (Å²) in [5.41, 5.74) is 0.394. The van der Waals surface area contributed by atoms with Gasteiger partial charge in [0.25, 0.3) is 5.91 Å². The molecule has 3 saturated heterocycles. The summed E-state index contributed by atoms with van der Waals surface area (Å²) in [5, 5.41) is 2.24. The van der Waals surface area contributed by atoms with E-state index < -0.39 is 5.92 Å². The lowest BCUT2D eigenvalue weighted by atomic mass is 9.79. The fourth-order valence-electron chi connectivity index (χ4n) is 4.88. The summed E-state index contributed by atoms with van der Waals surface area (Å²) in [7, 11) is 0. The molecular formula is C21H24N6O4. The Bertz CT molecular complexity index is 1010. The van der Waals surface area contributed by atoms with Gasteiger partial charge in [-0.2, -0.15) is 0 Å². The first-order valence-electron chi connectivity index (χ1n) is 10.7. The summed E-state index contributed by atoms with van der Waals surface area (Å²) in [4.78, 5) is 60.8. The molecule has 0 spiro atoms. The van der Waals surface area contributed by atoms with Gasteiger partial charge in [0, 0.05) is 57.6 Å². The number of carbonyl (C=O) groups excluding carboxylic acids is 4. The first-order valence-corrected chi connectivity index (χ1v) is 10.7. The minimum absolute atomic E-state index is 0.0747. The number of nitrogens with zero attached hydrogens (tertiary/aromatic N) is 5. The molecule has 0 aromatic carbocycles. The highest BCUT2D eigenvalue weighted by molar-refractivity contribution is 6.02. The van der Waals surface area contributed by atoms with Gasteiger partial charge in [-0.05, 0) is 30.7 Å². The van der Waals surface area contributed by atoms with Crippen LogP contribution in [0.4, 0.5) is 0 Å². The molecule has 0 radical (unpaired) electrons. The third-order valence-corrected chi connectivity index (χ3v) is 6.58. The van der Waals surface area contributed by atoms with Crippen LogP contribution in [0.2, 0.25) is 0 Å². The van der Waals surface area contributed by atoms with Gasteiger partial charge in [-0.3, -0.25) is 28.9 Å². The maximum atomic E-state index is 13.0. The van der Waals surface area contributed by atoms with Gasteiger partial charge in [-0.15, -0.1) is 0 Å². The fourth-order valence-corrected chi connectivity index (χ4v) is 4.88. The van der Waals surface area contributed by atoms with Crippen LogP contribution in [-0.2, 0) is 14.4 Å². The van der Waals surface area contributed by atoms with Crippen LogP contribution < -0.4 is 5.32 Å². The summed E-state index contributed by atoms with van der Waals surface area (Å²) in [5.74, 6) is -0.346. The molecule has 2 aromatic heterocycles. The van der Waals surface area contributed by atoms with Crippen molar-refractivity contribution in [3.8, 4) is 0 Å². The van der Waals surface area contributed by atoms with E-state index in [0.29, 0.717) is 49.5 Å². The minimum Gasteiger partial charge on any atom is -0.342 e. The largest absolute Gasteiger partial charge is 0.342 e. The molecule has 2 aromatic rings. The Morgan fingerprint density at radius 1 is 1.03 bits per heavy atom. The molecule has 0 aliphatic carbocycles. The highest BCUT2D eigenvalue weighted by Crippen LogP contribution is 2.33. The van der Waals surface area contributed by atoms with Crippen molar-refractivity contribution in [2.24, 2.45) is 17.8 Å². The molecule has 5 heterocycles. The number of hydrogen-bond acceptors (Lipinski definition) is 6. The highest BCUT2D eigenvalue weighted by Gasteiger charge is 2.42. The normalized spacial score (nSPS) is 23.0. The summed E-state index contributed by atoms with van der Waals surface area (Å²) in [6.07, 6.45) is 7.26. The number of piperidine rings is 2. The van der Waals surface area contributed by atoms with Crippen molar-refractivity contribution < 1.29 is 19.2 Å². The summed E-state index contributed by atoms with van der Waals surface area (Å²) < 4.78 is 1.74. The predicted octanol–water partition coefficient (Wildman–Crippen LogP) is 0.0927. The first kappa shape index (κ1) is 19.7. The van der Waals surface area contributed by atoms with Crippen LogP contribution in [0, 0.1) is 17.8 Å². The van der Waals surface area contributed by atoms with Crippen LogP contribution in [-0.4, -0.2) is 74.0 Å². The molecular weight excluding hydrogens is 400 g/mol. The van der Waals surface area contributed by atoms with E-state index in [1.807, 2.05) is 11.1 Å². The van der Waals surface area contributed by atoms with E-state index in [1.165, 1.54) is 0 Å².